The number of para-hydroxylation sites is 1. The van der Waals surface area contributed by atoms with Crippen molar-refractivity contribution < 1.29 is 0 Å². The monoisotopic (exact) mass is 301 g/mol. The van der Waals surface area contributed by atoms with E-state index in [9.17, 15) is 0 Å². The molecular formula is C20H19N3. The number of aromatic nitrogens is 1. The number of aromatic amines is 1. The van der Waals surface area contributed by atoms with Gasteiger partial charge < -0.3 is 10.3 Å². The second kappa shape index (κ2) is 5.91. The fourth-order valence-electron chi connectivity index (χ4n) is 3.67. The first kappa shape index (κ1) is 14.0. The second-order valence-electron chi connectivity index (χ2n) is 6.15. The van der Waals surface area contributed by atoms with Crippen molar-refractivity contribution in [2.75, 3.05) is 13.1 Å². The quantitative estimate of drug-likeness (QED) is 0.761. The Morgan fingerprint density at radius 2 is 2.04 bits per heavy atom. The Morgan fingerprint density at radius 3 is 2.96 bits per heavy atom. The van der Waals surface area contributed by atoms with Gasteiger partial charge in [0.25, 0.3) is 0 Å². The summed E-state index contributed by atoms with van der Waals surface area (Å²) in [5.41, 5.74) is 6.36. The molecule has 3 aromatic rings. The summed E-state index contributed by atoms with van der Waals surface area (Å²) in [6, 6.07) is 19.3. The first-order chi connectivity index (χ1) is 11.4. The minimum absolute atomic E-state index is 0.322. The molecular weight excluding hydrogens is 282 g/mol. The van der Waals surface area contributed by atoms with Crippen LogP contribution in [0.1, 0.15) is 28.3 Å². The van der Waals surface area contributed by atoms with E-state index >= 15 is 0 Å². The van der Waals surface area contributed by atoms with Crippen molar-refractivity contribution in [2.24, 2.45) is 0 Å². The molecule has 0 spiro atoms. The maximum atomic E-state index is 8.96. The van der Waals surface area contributed by atoms with Crippen LogP contribution in [0.25, 0.3) is 10.9 Å². The van der Waals surface area contributed by atoms with Crippen molar-refractivity contribution in [2.45, 2.75) is 18.8 Å². The van der Waals surface area contributed by atoms with Crippen LogP contribution < -0.4 is 5.32 Å². The van der Waals surface area contributed by atoms with Crippen molar-refractivity contribution in [3.8, 4) is 6.07 Å². The Labute approximate surface area is 136 Å². The Hall–Kier alpha value is -2.57. The van der Waals surface area contributed by atoms with Crippen LogP contribution in [-0.2, 0) is 12.8 Å². The van der Waals surface area contributed by atoms with Gasteiger partial charge in [-0.25, -0.2) is 0 Å². The number of hydrogen-bond acceptors (Lipinski definition) is 2. The van der Waals surface area contributed by atoms with Crippen LogP contribution in [0.15, 0.2) is 48.5 Å². The molecule has 0 saturated carbocycles. The first-order valence-corrected chi connectivity index (χ1v) is 8.13. The lowest BCUT2D eigenvalue weighted by Gasteiger charge is -2.17. The predicted octanol–water partition coefficient (Wildman–Crippen LogP) is 3.51. The van der Waals surface area contributed by atoms with Crippen LogP contribution in [0.2, 0.25) is 0 Å². The zero-order valence-corrected chi connectivity index (χ0v) is 13.0. The van der Waals surface area contributed by atoms with Crippen LogP contribution in [0.4, 0.5) is 0 Å². The number of nitriles is 1. The average molecular weight is 301 g/mol. The zero-order valence-electron chi connectivity index (χ0n) is 13.0. The molecule has 114 valence electrons. The summed E-state index contributed by atoms with van der Waals surface area (Å²) < 4.78 is 0. The highest BCUT2D eigenvalue weighted by molar-refractivity contribution is 5.86. The summed E-state index contributed by atoms with van der Waals surface area (Å²) in [5.74, 6) is 0.322. The van der Waals surface area contributed by atoms with Gasteiger partial charge in [0.05, 0.1) is 12.5 Å². The van der Waals surface area contributed by atoms with Crippen LogP contribution in [0, 0.1) is 11.3 Å². The maximum Gasteiger partial charge on any atom is 0.0669 e. The highest BCUT2D eigenvalue weighted by Crippen LogP contribution is 2.35. The second-order valence-corrected chi connectivity index (χ2v) is 6.15. The summed E-state index contributed by atoms with van der Waals surface area (Å²) in [4.78, 5) is 3.60. The van der Waals surface area contributed by atoms with E-state index in [1.165, 1.54) is 27.7 Å². The van der Waals surface area contributed by atoms with E-state index in [2.05, 4.69) is 58.8 Å². The number of nitrogens with one attached hydrogen (secondary N) is 2. The Bertz CT molecular complexity index is 885. The number of benzene rings is 2. The molecule has 0 radical (unpaired) electrons. The molecule has 2 N–H and O–H groups in total. The van der Waals surface area contributed by atoms with E-state index in [4.69, 9.17) is 5.26 Å². The predicted molar refractivity (Wildman–Crippen MR) is 92.5 cm³/mol. The molecule has 0 amide bonds. The molecule has 1 aromatic heterocycles. The Morgan fingerprint density at radius 1 is 1.13 bits per heavy atom. The minimum Gasteiger partial charge on any atom is -0.358 e. The van der Waals surface area contributed by atoms with Crippen molar-refractivity contribution in [1.29, 1.82) is 5.26 Å². The fraction of sp³-hybridized carbons (Fsp3) is 0.250. The molecule has 3 heteroatoms. The van der Waals surface area contributed by atoms with E-state index in [-0.39, 0.29) is 0 Å². The van der Waals surface area contributed by atoms with Gasteiger partial charge in [-0.2, -0.15) is 5.26 Å². The summed E-state index contributed by atoms with van der Waals surface area (Å²) >= 11 is 0. The lowest BCUT2D eigenvalue weighted by Crippen LogP contribution is -2.21. The third kappa shape index (κ3) is 2.52. The Balaban J connectivity index is 1.87. The van der Waals surface area contributed by atoms with E-state index in [0.29, 0.717) is 12.3 Å². The van der Waals surface area contributed by atoms with E-state index < -0.39 is 0 Å². The van der Waals surface area contributed by atoms with E-state index in [1.807, 2.05) is 6.07 Å². The molecule has 1 aliphatic rings. The fourth-order valence-corrected chi connectivity index (χ4v) is 3.67. The lowest BCUT2D eigenvalue weighted by molar-refractivity contribution is 0.665. The van der Waals surface area contributed by atoms with Crippen molar-refractivity contribution in [1.82, 2.24) is 10.3 Å². The van der Waals surface area contributed by atoms with Gasteiger partial charge in [0.1, 0.15) is 0 Å². The number of hydrogen-bond donors (Lipinski definition) is 2. The van der Waals surface area contributed by atoms with Crippen molar-refractivity contribution in [3.05, 3.63) is 70.9 Å². The van der Waals surface area contributed by atoms with E-state index in [0.717, 1.165) is 25.1 Å². The van der Waals surface area contributed by atoms with E-state index in [1.54, 1.807) is 0 Å². The van der Waals surface area contributed by atoms with Gasteiger partial charge in [-0.05, 0) is 22.8 Å². The number of fused-ring (bicyclic) bond motifs is 3. The standard InChI is InChI=1S/C20H19N3/c21-10-8-14-4-3-5-15(12-14)17-13-22-11-9-19-20(17)16-6-1-2-7-18(16)23-19/h1-7,12,17,22-23H,8-9,11,13H2. The van der Waals surface area contributed by atoms with Crippen LogP contribution in [0.3, 0.4) is 0 Å². The third-order valence-corrected chi connectivity index (χ3v) is 4.71. The zero-order chi connectivity index (χ0) is 15.6. The molecule has 1 aliphatic heterocycles. The number of H-pyrrole nitrogens is 1. The summed E-state index contributed by atoms with van der Waals surface area (Å²) in [6.45, 7) is 1.93. The third-order valence-electron chi connectivity index (χ3n) is 4.71. The lowest BCUT2D eigenvalue weighted by atomic mass is 9.88. The molecule has 0 bridgehead atoms. The summed E-state index contributed by atoms with van der Waals surface area (Å²) in [6.07, 6.45) is 1.49. The molecule has 23 heavy (non-hydrogen) atoms. The molecule has 3 nitrogen and oxygen atoms in total. The summed E-state index contributed by atoms with van der Waals surface area (Å²) in [7, 11) is 0. The summed E-state index contributed by atoms with van der Waals surface area (Å²) in [5, 5.41) is 13.8. The topological polar surface area (TPSA) is 51.6 Å². The van der Waals surface area contributed by atoms with Gasteiger partial charge in [0, 0.05) is 42.0 Å². The number of rotatable bonds is 2. The molecule has 0 saturated heterocycles. The minimum atomic E-state index is 0.322. The van der Waals surface area contributed by atoms with Gasteiger partial charge in [0.15, 0.2) is 0 Å². The molecule has 0 aliphatic carbocycles. The van der Waals surface area contributed by atoms with Crippen molar-refractivity contribution in [3.63, 3.8) is 0 Å². The number of nitrogens with zero attached hydrogens (tertiary/aromatic N) is 1. The van der Waals surface area contributed by atoms with Gasteiger partial charge in [-0.1, -0.05) is 42.5 Å². The smallest absolute Gasteiger partial charge is 0.0669 e. The largest absolute Gasteiger partial charge is 0.358 e. The van der Waals surface area contributed by atoms with Gasteiger partial charge >= 0.3 is 0 Å². The van der Waals surface area contributed by atoms with Crippen LogP contribution in [-0.4, -0.2) is 18.1 Å². The van der Waals surface area contributed by atoms with Gasteiger partial charge in [-0.3, -0.25) is 0 Å². The Kier molecular flexibility index (Phi) is 3.61. The van der Waals surface area contributed by atoms with Crippen LogP contribution >= 0.6 is 0 Å². The molecule has 1 unspecified atom stereocenters. The average Bonchev–Trinajstić information content (AvgIpc) is 2.81. The normalized spacial score (nSPS) is 17.4. The molecule has 2 aromatic carbocycles. The van der Waals surface area contributed by atoms with Crippen molar-refractivity contribution >= 4 is 10.9 Å². The molecule has 4 rings (SSSR count). The van der Waals surface area contributed by atoms with Gasteiger partial charge in [0.2, 0.25) is 0 Å². The van der Waals surface area contributed by atoms with Crippen LogP contribution in [0.5, 0.6) is 0 Å². The highest BCUT2D eigenvalue weighted by atomic mass is 14.9. The van der Waals surface area contributed by atoms with Gasteiger partial charge in [-0.15, -0.1) is 0 Å². The highest BCUT2D eigenvalue weighted by Gasteiger charge is 2.24. The maximum absolute atomic E-state index is 8.96. The molecule has 1 atom stereocenters. The molecule has 2 heterocycles. The molecule has 0 fully saturated rings. The SMILES string of the molecule is N#CCc1cccc(C2CNCCc3[nH]c4ccccc4c32)c1. The first-order valence-electron chi connectivity index (χ1n) is 8.13.